The van der Waals surface area contributed by atoms with Gasteiger partial charge in [-0.2, -0.15) is 5.10 Å². The molecule has 0 aliphatic heterocycles. The van der Waals surface area contributed by atoms with Crippen LogP contribution in [0.5, 0.6) is 0 Å². The third kappa shape index (κ3) is 4.58. The molecule has 0 aliphatic carbocycles. The van der Waals surface area contributed by atoms with E-state index in [1.54, 1.807) is 31.2 Å². The smallest absolute Gasteiger partial charge is 0.266 e. The van der Waals surface area contributed by atoms with Crippen molar-refractivity contribution in [1.82, 2.24) is 14.9 Å². The number of hydrogen-bond acceptors (Lipinski definition) is 5. The maximum absolute atomic E-state index is 12.0. The highest BCUT2D eigenvalue weighted by Gasteiger charge is 2.08. The van der Waals surface area contributed by atoms with Crippen LogP contribution in [0.1, 0.15) is 18.5 Å². The van der Waals surface area contributed by atoms with E-state index < -0.39 is 0 Å². The maximum atomic E-state index is 12.0. The molecule has 2 heterocycles. The van der Waals surface area contributed by atoms with Crippen molar-refractivity contribution >= 4 is 23.4 Å². The van der Waals surface area contributed by atoms with E-state index in [1.807, 2.05) is 12.1 Å². The van der Waals surface area contributed by atoms with Crippen molar-refractivity contribution in [2.75, 3.05) is 5.32 Å². The Balaban J connectivity index is 1.60. The summed E-state index contributed by atoms with van der Waals surface area (Å²) in [6.07, 6.45) is 0.703. The van der Waals surface area contributed by atoms with Gasteiger partial charge >= 0.3 is 0 Å². The zero-order valence-electron chi connectivity index (χ0n) is 14.1. The Morgan fingerprint density at radius 1 is 1.23 bits per heavy atom. The lowest BCUT2D eigenvalue weighted by atomic mass is 10.1. The summed E-state index contributed by atoms with van der Waals surface area (Å²) in [4.78, 5) is 23.9. The molecular formula is C18H17ClN4O3. The van der Waals surface area contributed by atoms with Gasteiger partial charge in [0.2, 0.25) is 11.8 Å². The SMILES string of the molecule is Cc1cc(NC(=O)CCCn2nc(-c3ccc(Cl)cc3)ccc2=O)on1. The second-order valence-corrected chi connectivity index (χ2v) is 6.21. The molecule has 134 valence electrons. The Hall–Kier alpha value is -2.93. The number of carbonyl (C=O) groups excluding carboxylic acids is 1. The van der Waals surface area contributed by atoms with E-state index in [0.717, 1.165) is 5.56 Å². The number of nitrogens with one attached hydrogen (secondary N) is 1. The summed E-state index contributed by atoms with van der Waals surface area (Å²) in [5.74, 6) is 0.107. The standard InChI is InChI=1S/C18H17ClN4O3/c1-12-11-17(26-22-12)20-16(24)3-2-10-23-18(25)9-8-15(21-23)13-4-6-14(19)7-5-13/h4-9,11H,2-3,10H2,1H3,(H,20,24). The fourth-order valence-corrected chi connectivity index (χ4v) is 2.52. The molecule has 0 atom stereocenters. The first-order chi connectivity index (χ1) is 12.5. The van der Waals surface area contributed by atoms with Crippen LogP contribution in [0.25, 0.3) is 11.3 Å². The number of amides is 1. The Morgan fingerprint density at radius 2 is 2.00 bits per heavy atom. The highest BCUT2D eigenvalue weighted by molar-refractivity contribution is 6.30. The highest BCUT2D eigenvalue weighted by Crippen LogP contribution is 2.18. The number of rotatable bonds is 6. The molecule has 3 aromatic rings. The van der Waals surface area contributed by atoms with Crippen molar-refractivity contribution in [2.45, 2.75) is 26.3 Å². The van der Waals surface area contributed by atoms with Gasteiger partial charge in [-0.25, -0.2) is 4.68 Å². The maximum Gasteiger partial charge on any atom is 0.266 e. The molecule has 3 rings (SSSR count). The predicted octanol–water partition coefficient (Wildman–Crippen LogP) is 3.28. The van der Waals surface area contributed by atoms with Crippen LogP contribution in [0.2, 0.25) is 5.02 Å². The molecule has 1 aromatic carbocycles. The van der Waals surface area contributed by atoms with Gasteiger partial charge in [-0.1, -0.05) is 28.9 Å². The van der Waals surface area contributed by atoms with Crippen LogP contribution in [-0.4, -0.2) is 20.8 Å². The summed E-state index contributed by atoms with van der Waals surface area (Å²) in [6, 6.07) is 12.0. The van der Waals surface area contributed by atoms with E-state index >= 15 is 0 Å². The number of aromatic nitrogens is 3. The lowest BCUT2D eigenvalue weighted by Gasteiger charge is -2.07. The number of halogens is 1. The van der Waals surface area contributed by atoms with Gasteiger partial charge in [-0.05, 0) is 31.5 Å². The van der Waals surface area contributed by atoms with Gasteiger partial charge in [0.15, 0.2) is 0 Å². The molecule has 8 heteroatoms. The van der Waals surface area contributed by atoms with Crippen LogP contribution in [0.3, 0.4) is 0 Å². The predicted molar refractivity (Wildman–Crippen MR) is 98.0 cm³/mol. The minimum atomic E-state index is -0.214. The Bertz CT molecular complexity index is 963. The Labute approximate surface area is 154 Å². The Kier molecular flexibility index (Phi) is 5.48. The molecule has 0 saturated heterocycles. The molecular weight excluding hydrogens is 356 g/mol. The first-order valence-corrected chi connectivity index (χ1v) is 8.46. The number of benzene rings is 1. The quantitative estimate of drug-likeness (QED) is 0.717. The summed E-state index contributed by atoms with van der Waals surface area (Å²) in [6.45, 7) is 2.11. The average Bonchev–Trinajstić information content (AvgIpc) is 3.02. The van der Waals surface area contributed by atoms with Gasteiger partial charge in [0, 0.05) is 35.7 Å². The Morgan fingerprint density at radius 3 is 2.69 bits per heavy atom. The molecule has 26 heavy (non-hydrogen) atoms. The van der Waals surface area contributed by atoms with Gasteiger partial charge < -0.3 is 4.52 Å². The van der Waals surface area contributed by atoms with Gasteiger partial charge in [0.1, 0.15) is 0 Å². The fourth-order valence-electron chi connectivity index (χ4n) is 2.40. The van der Waals surface area contributed by atoms with E-state index in [0.29, 0.717) is 35.3 Å². The lowest BCUT2D eigenvalue weighted by Crippen LogP contribution is -2.23. The van der Waals surface area contributed by atoms with Crippen molar-refractivity contribution in [3.8, 4) is 11.3 Å². The number of aryl methyl sites for hydroxylation is 2. The summed E-state index contributed by atoms with van der Waals surface area (Å²) in [5.41, 5.74) is 2.01. The third-order valence-corrected chi connectivity index (χ3v) is 3.92. The lowest BCUT2D eigenvalue weighted by molar-refractivity contribution is -0.116. The van der Waals surface area contributed by atoms with Crippen molar-refractivity contribution in [1.29, 1.82) is 0 Å². The zero-order chi connectivity index (χ0) is 18.5. The summed E-state index contributed by atoms with van der Waals surface area (Å²) >= 11 is 5.89. The second kappa shape index (κ2) is 7.97. The zero-order valence-corrected chi connectivity index (χ0v) is 14.9. The fraction of sp³-hybridized carbons (Fsp3) is 0.222. The van der Waals surface area contributed by atoms with E-state index in [4.69, 9.17) is 16.1 Å². The minimum absolute atomic E-state index is 0.206. The first kappa shape index (κ1) is 17.9. The first-order valence-electron chi connectivity index (χ1n) is 8.08. The number of carbonyl (C=O) groups is 1. The molecule has 1 N–H and O–H groups in total. The van der Waals surface area contributed by atoms with Gasteiger partial charge in [-0.15, -0.1) is 0 Å². The molecule has 1 amide bonds. The number of anilines is 1. The van der Waals surface area contributed by atoms with Crippen LogP contribution < -0.4 is 10.9 Å². The van der Waals surface area contributed by atoms with E-state index in [9.17, 15) is 9.59 Å². The molecule has 7 nitrogen and oxygen atoms in total. The monoisotopic (exact) mass is 372 g/mol. The van der Waals surface area contributed by atoms with Gasteiger partial charge in [0.05, 0.1) is 11.4 Å². The number of nitrogens with zero attached hydrogens (tertiary/aromatic N) is 3. The van der Waals surface area contributed by atoms with Crippen LogP contribution in [0.4, 0.5) is 5.88 Å². The third-order valence-electron chi connectivity index (χ3n) is 3.67. The van der Waals surface area contributed by atoms with Crippen LogP contribution in [0, 0.1) is 6.92 Å². The molecule has 2 aromatic heterocycles. The van der Waals surface area contributed by atoms with E-state index in [2.05, 4.69) is 15.6 Å². The second-order valence-electron chi connectivity index (χ2n) is 5.77. The molecule has 0 aliphatic rings. The topological polar surface area (TPSA) is 90.0 Å². The van der Waals surface area contributed by atoms with Crippen molar-refractivity contribution < 1.29 is 9.32 Å². The molecule has 0 spiro atoms. The van der Waals surface area contributed by atoms with Gasteiger partial charge in [0.25, 0.3) is 5.56 Å². The summed E-state index contributed by atoms with van der Waals surface area (Å²) in [7, 11) is 0. The minimum Gasteiger partial charge on any atom is -0.338 e. The van der Waals surface area contributed by atoms with Crippen molar-refractivity contribution in [3.63, 3.8) is 0 Å². The molecule has 0 radical (unpaired) electrons. The van der Waals surface area contributed by atoms with Crippen LogP contribution >= 0.6 is 11.6 Å². The number of hydrogen-bond donors (Lipinski definition) is 1. The van der Waals surface area contributed by atoms with Crippen LogP contribution in [-0.2, 0) is 11.3 Å². The molecule has 0 unspecified atom stereocenters. The largest absolute Gasteiger partial charge is 0.338 e. The highest BCUT2D eigenvalue weighted by atomic mass is 35.5. The normalized spacial score (nSPS) is 10.7. The molecule has 0 bridgehead atoms. The summed E-state index contributed by atoms with van der Waals surface area (Å²) < 4.78 is 6.29. The molecule has 0 saturated carbocycles. The average molecular weight is 373 g/mol. The molecule has 0 fully saturated rings. The van der Waals surface area contributed by atoms with Gasteiger partial charge in [-0.3, -0.25) is 14.9 Å². The van der Waals surface area contributed by atoms with E-state index in [-0.39, 0.29) is 17.9 Å². The van der Waals surface area contributed by atoms with Crippen LogP contribution in [0.15, 0.2) is 51.8 Å². The van der Waals surface area contributed by atoms with Crippen molar-refractivity contribution in [3.05, 3.63) is 63.5 Å². The van der Waals surface area contributed by atoms with Crippen molar-refractivity contribution in [2.24, 2.45) is 0 Å². The summed E-state index contributed by atoms with van der Waals surface area (Å²) in [5, 5.41) is 11.3. The van der Waals surface area contributed by atoms with E-state index in [1.165, 1.54) is 10.7 Å².